The van der Waals surface area contributed by atoms with Crippen LogP contribution in [0.3, 0.4) is 0 Å². The molecule has 1 heterocycles. The van der Waals surface area contributed by atoms with Crippen LogP contribution in [-0.4, -0.2) is 29.1 Å². The highest BCUT2D eigenvalue weighted by Crippen LogP contribution is 2.38. The molecule has 1 aromatic carbocycles. The van der Waals surface area contributed by atoms with Gasteiger partial charge in [0.2, 0.25) is 0 Å². The van der Waals surface area contributed by atoms with Crippen LogP contribution in [0.1, 0.15) is 32.8 Å². The molecule has 2 rings (SSSR count). The van der Waals surface area contributed by atoms with Gasteiger partial charge in [0.05, 0.1) is 12.1 Å². The van der Waals surface area contributed by atoms with Gasteiger partial charge in [0.1, 0.15) is 5.75 Å². The van der Waals surface area contributed by atoms with Crippen molar-refractivity contribution in [3.8, 4) is 5.75 Å². The fourth-order valence-electron chi connectivity index (χ4n) is 2.26. The van der Waals surface area contributed by atoms with Gasteiger partial charge in [0.15, 0.2) is 5.60 Å². The molecule has 1 aliphatic rings. The number of rotatable bonds is 4. The van der Waals surface area contributed by atoms with Crippen LogP contribution in [0.25, 0.3) is 0 Å². The lowest BCUT2D eigenvalue weighted by Crippen LogP contribution is -2.53. The Labute approximate surface area is 118 Å². The van der Waals surface area contributed by atoms with E-state index >= 15 is 0 Å². The van der Waals surface area contributed by atoms with E-state index in [2.05, 4.69) is 0 Å². The molecule has 1 aliphatic heterocycles. The molecular weight excluding hydrogens is 258 g/mol. The van der Waals surface area contributed by atoms with E-state index < -0.39 is 11.6 Å². The fraction of sp³-hybridized carbons (Fsp3) is 0.467. The molecule has 1 amide bonds. The summed E-state index contributed by atoms with van der Waals surface area (Å²) in [4.78, 5) is 24.7. The van der Waals surface area contributed by atoms with Crippen LogP contribution < -0.4 is 9.64 Å². The third-order valence-corrected chi connectivity index (χ3v) is 3.40. The second-order valence-electron chi connectivity index (χ2n) is 5.37. The molecule has 5 heteroatoms. The molecule has 0 fully saturated rings. The summed E-state index contributed by atoms with van der Waals surface area (Å²) >= 11 is 0. The van der Waals surface area contributed by atoms with Crippen LogP contribution in [0.5, 0.6) is 5.75 Å². The minimum absolute atomic E-state index is 0.0857. The third kappa shape index (κ3) is 2.61. The zero-order chi connectivity index (χ0) is 14.9. The highest BCUT2D eigenvalue weighted by Gasteiger charge is 2.40. The average Bonchev–Trinajstić information content (AvgIpc) is 2.38. The van der Waals surface area contributed by atoms with Crippen molar-refractivity contribution in [1.82, 2.24) is 0 Å². The van der Waals surface area contributed by atoms with Gasteiger partial charge in [-0.05, 0) is 38.0 Å². The predicted octanol–water partition coefficient (Wildman–Crippen LogP) is 2.23. The number of ether oxygens (including phenoxy) is 1. The normalized spacial score (nSPS) is 16.6. The largest absolute Gasteiger partial charge is 0.481 e. The first-order valence-corrected chi connectivity index (χ1v) is 6.71. The van der Waals surface area contributed by atoms with E-state index in [-0.39, 0.29) is 18.9 Å². The Morgan fingerprint density at radius 2 is 2.10 bits per heavy atom. The highest BCUT2D eigenvalue weighted by atomic mass is 16.5. The van der Waals surface area contributed by atoms with Gasteiger partial charge in [-0.15, -0.1) is 0 Å². The Morgan fingerprint density at radius 3 is 2.70 bits per heavy atom. The number of carbonyl (C=O) groups is 2. The highest BCUT2D eigenvalue weighted by molar-refractivity contribution is 6.02. The van der Waals surface area contributed by atoms with Crippen molar-refractivity contribution >= 4 is 17.6 Å². The number of benzene rings is 1. The van der Waals surface area contributed by atoms with E-state index in [0.29, 0.717) is 11.4 Å². The maximum absolute atomic E-state index is 12.4. The number of amides is 1. The van der Waals surface area contributed by atoms with Gasteiger partial charge in [-0.1, -0.05) is 13.0 Å². The third-order valence-electron chi connectivity index (χ3n) is 3.40. The molecule has 5 nitrogen and oxygen atoms in total. The first-order valence-electron chi connectivity index (χ1n) is 6.71. The van der Waals surface area contributed by atoms with Crippen molar-refractivity contribution in [2.45, 2.75) is 39.2 Å². The van der Waals surface area contributed by atoms with E-state index in [9.17, 15) is 9.59 Å². The van der Waals surface area contributed by atoms with Crippen LogP contribution >= 0.6 is 0 Å². The van der Waals surface area contributed by atoms with Crippen LogP contribution in [0, 0.1) is 0 Å². The smallest absolute Gasteiger partial charge is 0.305 e. The monoisotopic (exact) mass is 277 g/mol. The Balaban J connectivity index is 2.42. The van der Waals surface area contributed by atoms with Gasteiger partial charge >= 0.3 is 5.97 Å². The SMILES string of the molecule is CCc1ccc2c(c1)N(CCC(=O)O)C(=O)C(C)(C)O2. The van der Waals surface area contributed by atoms with Crippen molar-refractivity contribution in [2.24, 2.45) is 0 Å². The molecule has 108 valence electrons. The Kier molecular flexibility index (Phi) is 3.70. The van der Waals surface area contributed by atoms with Crippen LogP contribution in [-0.2, 0) is 16.0 Å². The average molecular weight is 277 g/mol. The lowest BCUT2D eigenvalue weighted by molar-refractivity contribution is -0.137. The van der Waals surface area contributed by atoms with Crippen molar-refractivity contribution in [2.75, 3.05) is 11.4 Å². The maximum Gasteiger partial charge on any atom is 0.305 e. The van der Waals surface area contributed by atoms with Gasteiger partial charge in [-0.3, -0.25) is 9.59 Å². The predicted molar refractivity (Wildman–Crippen MR) is 75.1 cm³/mol. The minimum atomic E-state index is -0.973. The number of aliphatic carboxylic acids is 1. The molecule has 1 N–H and O–H groups in total. The molecule has 0 spiro atoms. The number of carboxylic acid groups (broad SMARTS) is 1. The summed E-state index contributed by atoms with van der Waals surface area (Å²) < 4.78 is 5.73. The molecule has 0 radical (unpaired) electrons. The number of nitrogens with zero attached hydrogens (tertiary/aromatic N) is 1. The summed E-state index contributed by atoms with van der Waals surface area (Å²) in [6.45, 7) is 5.57. The zero-order valence-corrected chi connectivity index (χ0v) is 12.0. The molecule has 1 aromatic rings. The van der Waals surface area contributed by atoms with Crippen molar-refractivity contribution in [1.29, 1.82) is 0 Å². The summed E-state index contributed by atoms with van der Waals surface area (Å²) in [6.07, 6.45) is 0.759. The Morgan fingerprint density at radius 1 is 1.40 bits per heavy atom. The molecule has 0 aromatic heterocycles. The van der Waals surface area contributed by atoms with E-state index in [1.807, 2.05) is 25.1 Å². The molecule has 0 bridgehead atoms. The number of anilines is 1. The summed E-state index contributed by atoms with van der Waals surface area (Å²) in [6, 6.07) is 5.69. The first-order chi connectivity index (χ1) is 9.35. The van der Waals surface area contributed by atoms with E-state index in [1.165, 1.54) is 4.90 Å². The molecular formula is C15H19NO4. The quantitative estimate of drug-likeness (QED) is 0.916. The van der Waals surface area contributed by atoms with Crippen LogP contribution in [0.15, 0.2) is 18.2 Å². The number of hydrogen-bond acceptors (Lipinski definition) is 3. The van der Waals surface area contributed by atoms with Crippen LogP contribution in [0.2, 0.25) is 0 Å². The number of carboxylic acids is 1. The first kappa shape index (κ1) is 14.4. The molecule has 0 saturated heterocycles. The lowest BCUT2D eigenvalue weighted by atomic mass is 10.0. The lowest BCUT2D eigenvalue weighted by Gasteiger charge is -2.38. The fourth-order valence-corrected chi connectivity index (χ4v) is 2.26. The van der Waals surface area contributed by atoms with Gasteiger partial charge in [-0.25, -0.2) is 0 Å². The standard InChI is InChI=1S/C15H19NO4/c1-4-10-5-6-12-11(9-10)16(8-7-13(17)18)14(19)15(2,3)20-12/h5-6,9H,4,7-8H2,1-3H3,(H,17,18). The van der Waals surface area contributed by atoms with E-state index in [0.717, 1.165) is 12.0 Å². The van der Waals surface area contributed by atoms with E-state index in [1.54, 1.807) is 13.8 Å². The molecule has 0 atom stereocenters. The number of fused-ring (bicyclic) bond motifs is 1. The summed E-state index contributed by atoms with van der Waals surface area (Å²) in [5.74, 6) is -0.507. The minimum Gasteiger partial charge on any atom is -0.481 e. The van der Waals surface area contributed by atoms with Gasteiger partial charge in [-0.2, -0.15) is 0 Å². The maximum atomic E-state index is 12.4. The Hall–Kier alpha value is -2.04. The second kappa shape index (κ2) is 5.15. The summed E-state index contributed by atoms with van der Waals surface area (Å²) in [5.41, 5.74) is 0.772. The second-order valence-corrected chi connectivity index (χ2v) is 5.37. The number of carbonyl (C=O) groups excluding carboxylic acids is 1. The molecule has 0 aliphatic carbocycles. The summed E-state index contributed by atoms with van der Waals surface area (Å²) in [7, 11) is 0. The van der Waals surface area contributed by atoms with Crippen LogP contribution in [0.4, 0.5) is 5.69 Å². The van der Waals surface area contributed by atoms with Gasteiger partial charge in [0.25, 0.3) is 5.91 Å². The van der Waals surface area contributed by atoms with E-state index in [4.69, 9.17) is 9.84 Å². The van der Waals surface area contributed by atoms with Crippen molar-refractivity contribution < 1.29 is 19.4 Å². The topological polar surface area (TPSA) is 66.8 Å². The van der Waals surface area contributed by atoms with Crippen molar-refractivity contribution in [3.63, 3.8) is 0 Å². The van der Waals surface area contributed by atoms with Gasteiger partial charge in [0, 0.05) is 6.54 Å². The zero-order valence-electron chi connectivity index (χ0n) is 12.0. The molecule has 20 heavy (non-hydrogen) atoms. The van der Waals surface area contributed by atoms with Gasteiger partial charge < -0.3 is 14.7 Å². The molecule has 0 saturated carbocycles. The summed E-state index contributed by atoms with van der Waals surface area (Å²) in [5, 5.41) is 8.84. The Bertz CT molecular complexity index is 551. The number of hydrogen-bond donors (Lipinski definition) is 1. The molecule has 0 unspecified atom stereocenters. The number of aryl methyl sites for hydroxylation is 1. The van der Waals surface area contributed by atoms with Crippen molar-refractivity contribution in [3.05, 3.63) is 23.8 Å².